The number of carbonyl (C=O) groups is 1. The molecule has 0 saturated heterocycles. The number of carbonyl (C=O) groups excluding carboxylic acids is 1. The average molecular weight is 414 g/mol. The number of ether oxygens (including phenoxy) is 1. The van der Waals surface area contributed by atoms with E-state index >= 15 is 0 Å². The Morgan fingerprint density at radius 3 is 2.41 bits per heavy atom. The van der Waals surface area contributed by atoms with Gasteiger partial charge in [0.25, 0.3) is 0 Å². The zero-order chi connectivity index (χ0) is 20.1. The summed E-state index contributed by atoms with van der Waals surface area (Å²) in [5, 5.41) is 12.3. The summed E-state index contributed by atoms with van der Waals surface area (Å²) >= 11 is 0. The first-order valence-electron chi connectivity index (χ1n) is 9.66. The van der Waals surface area contributed by atoms with Crippen LogP contribution in [0.25, 0.3) is 11.1 Å². The second kappa shape index (κ2) is 9.78. The molecule has 1 aliphatic carbocycles. The summed E-state index contributed by atoms with van der Waals surface area (Å²) in [5.41, 5.74) is 8.98. The lowest BCUT2D eigenvalue weighted by atomic mass is 9.68. The van der Waals surface area contributed by atoms with Crippen molar-refractivity contribution < 1.29 is 9.53 Å². The van der Waals surface area contributed by atoms with Crippen molar-refractivity contribution in [3.63, 3.8) is 0 Å². The number of primary amides is 1. The molecule has 3 N–H and O–H groups in total. The topological polar surface area (TPSA) is 88.1 Å². The number of halogens is 1. The van der Waals surface area contributed by atoms with Gasteiger partial charge in [-0.1, -0.05) is 18.2 Å². The Morgan fingerprint density at radius 1 is 1.24 bits per heavy atom. The van der Waals surface area contributed by atoms with E-state index in [1.165, 1.54) is 0 Å². The number of benzene rings is 2. The second-order valence-corrected chi connectivity index (χ2v) is 7.61. The minimum absolute atomic E-state index is 0. The van der Waals surface area contributed by atoms with Gasteiger partial charge in [-0.25, -0.2) is 0 Å². The van der Waals surface area contributed by atoms with E-state index in [1.54, 1.807) is 19.2 Å². The van der Waals surface area contributed by atoms with E-state index in [-0.39, 0.29) is 18.3 Å². The van der Waals surface area contributed by atoms with Crippen LogP contribution in [0.3, 0.4) is 0 Å². The molecule has 0 radical (unpaired) electrons. The maximum absolute atomic E-state index is 12.4. The highest BCUT2D eigenvalue weighted by Crippen LogP contribution is 2.40. The van der Waals surface area contributed by atoms with Crippen LogP contribution in [0, 0.1) is 16.7 Å². The molecule has 2 aromatic rings. The fraction of sp³-hybridized carbons (Fsp3) is 0.391. The van der Waals surface area contributed by atoms with E-state index in [1.807, 2.05) is 31.3 Å². The van der Waals surface area contributed by atoms with Crippen LogP contribution in [-0.4, -0.2) is 26.1 Å². The molecule has 0 heterocycles. The molecule has 0 atom stereocenters. The van der Waals surface area contributed by atoms with Crippen molar-refractivity contribution in [1.29, 1.82) is 5.26 Å². The van der Waals surface area contributed by atoms with Crippen LogP contribution < -0.4 is 15.8 Å². The number of nitrogens with two attached hydrogens (primary N) is 1. The lowest BCUT2D eigenvalue weighted by Crippen LogP contribution is -2.45. The normalized spacial score (nSPS) is 20.9. The van der Waals surface area contributed by atoms with Crippen molar-refractivity contribution in [2.24, 2.45) is 11.1 Å². The summed E-state index contributed by atoms with van der Waals surface area (Å²) < 4.78 is 5.54. The predicted octanol–water partition coefficient (Wildman–Crippen LogP) is 3.83. The first-order chi connectivity index (χ1) is 13.5. The van der Waals surface area contributed by atoms with Gasteiger partial charge in [0.05, 0.1) is 24.2 Å². The molecule has 1 aliphatic rings. The Balaban J connectivity index is 0.00000300. The molecule has 6 heteroatoms. The first-order valence-corrected chi connectivity index (χ1v) is 9.66. The molecule has 0 bridgehead atoms. The maximum atomic E-state index is 12.4. The van der Waals surface area contributed by atoms with Crippen LogP contribution in [0.4, 0.5) is 0 Å². The van der Waals surface area contributed by atoms with Crippen LogP contribution in [0.2, 0.25) is 0 Å². The molecular formula is C23H28ClN3O2. The molecule has 2 aromatic carbocycles. The van der Waals surface area contributed by atoms with E-state index in [0.29, 0.717) is 18.0 Å². The lowest BCUT2D eigenvalue weighted by Gasteiger charge is -2.38. The Hall–Kier alpha value is -2.55. The van der Waals surface area contributed by atoms with Gasteiger partial charge in [0.2, 0.25) is 5.91 Å². The third-order valence-electron chi connectivity index (χ3n) is 6.01. The lowest BCUT2D eigenvalue weighted by molar-refractivity contribution is -0.129. The zero-order valence-corrected chi connectivity index (χ0v) is 17.7. The Bertz CT molecular complexity index is 882. The number of hydrogen-bond donors (Lipinski definition) is 2. The van der Waals surface area contributed by atoms with Crippen molar-refractivity contribution in [3.8, 4) is 22.9 Å². The van der Waals surface area contributed by atoms with Gasteiger partial charge in [0.15, 0.2) is 0 Å². The summed E-state index contributed by atoms with van der Waals surface area (Å²) in [6.45, 7) is 0. The minimum atomic E-state index is -0.496. The van der Waals surface area contributed by atoms with Gasteiger partial charge >= 0.3 is 0 Å². The van der Waals surface area contributed by atoms with E-state index in [2.05, 4.69) is 17.5 Å². The fourth-order valence-corrected chi connectivity index (χ4v) is 4.18. The molecule has 1 amide bonds. The molecule has 1 saturated carbocycles. The molecule has 0 unspecified atom stereocenters. The second-order valence-electron chi connectivity index (χ2n) is 7.61. The van der Waals surface area contributed by atoms with Gasteiger partial charge < -0.3 is 15.8 Å². The summed E-state index contributed by atoms with van der Waals surface area (Å²) in [5.74, 6) is 0.554. The van der Waals surface area contributed by atoms with Crippen LogP contribution in [-0.2, 0) is 11.2 Å². The summed E-state index contributed by atoms with van der Waals surface area (Å²) in [4.78, 5) is 12.4. The maximum Gasteiger partial charge on any atom is 0.223 e. The van der Waals surface area contributed by atoms with Crippen LogP contribution in [0.5, 0.6) is 5.75 Å². The molecule has 5 nitrogen and oxygen atoms in total. The number of nitriles is 1. The molecule has 154 valence electrons. The monoisotopic (exact) mass is 413 g/mol. The summed E-state index contributed by atoms with van der Waals surface area (Å²) in [7, 11) is 3.61. The molecule has 3 rings (SSSR count). The van der Waals surface area contributed by atoms with Crippen molar-refractivity contribution in [1.82, 2.24) is 5.32 Å². The Kier molecular flexibility index (Phi) is 7.66. The van der Waals surface area contributed by atoms with Crippen molar-refractivity contribution >= 4 is 18.3 Å². The molecule has 0 spiro atoms. The Morgan fingerprint density at radius 2 is 1.90 bits per heavy atom. The van der Waals surface area contributed by atoms with E-state index in [0.717, 1.165) is 48.1 Å². The fourth-order valence-electron chi connectivity index (χ4n) is 4.18. The quantitative estimate of drug-likeness (QED) is 0.753. The Labute approximate surface area is 178 Å². The van der Waals surface area contributed by atoms with Gasteiger partial charge in [-0.05, 0) is 74.5 Å². The number of methoxy groups -OCH3 is 1. The number of nitrogens with zero attached hydrogens (tertiary/aromatic N) is 1. The largest absolute Gasteiger partial charge is 0.496 e. The van der Waals surface area contributed by atoms with Crippen LogP contribution in [0.1, 0.15) is 36.8 Å². The summed E-state index contributed by atoms with van der Waals surface area (Å²) in [6, 6.07) is 16.1. The van der Waals surface area contributed by atoms with E-state index in [9.17, 15) is 4.79 Å². The van der Waals surface area contributed by atoms with Gasteiger partial charge in [0, 0.05) is 11.6 Å². The standard InChI is InChI=1S/C23H27N3O2.ClH/c1-26-19-9-11-23(12-10-19,22(25)27)14-17-5-8-21(28-2)20(13-17)18-6-3-16(15-24)4-7-18;/h3-8,13,19,26H,9-12,14H2,1-2H3,(H2,25,27);1H. The highest BCUT2D eigenvalue weighted by atomic mass is 35.5. The number of rotatable bonds is 6. The third kappa shape index (κ3) is 4.90. The van der Waals surface area contributed by atoms with Crippen molar-refractivity contribution in [3.05, 3.63) is 53.6 Å². The van der Waals surface area contributed by atoms with Gasteiger partial charge in [-0.15, -0.1) is 12.4 Å². The molecule has 0 aromatic heterocycles. The SMILES string of the molecule is CNC1CCC(Cc2ccc(OC)c(-c3ccc(C#N)cc3)c2)(C(N)=O)CC1.Cl. The van der Waals surface area contributed by atoms with Gasteiger partial charge in [-0.2, -0.15) is 5.26 Å². The van der Waals surface area contributed by atoms with E-state index in [4.69, 9.17) is 15.7 Å². The van der Waals surface area contributed by atoms with Gasteiger partial charge in [0.1, 0.15) is 5.75 Å². The predicted molar refractivity (Wildman–Crippen MR) is 117 cm³/mol. The summed E-state index contributed by atoms with van der Waals surface area (Å²) in [6.07, 6.45) is 4.14. The molecule has 29 heavy (non-hydrogen) atoms. The van der Waals surface area contributed by atoms with Crippen LogP contribution >= 0.6 is 12.4 Å². The van der Waals surface area contributed by atoms with Crippen molar-refractivity contribution in [2.75, 3.05) is 14.2 Å². The highest BCUT2D eigenvalue weighted by Gasteiger charge is 2.40. The zero-order valence-electron chi connectivity index (χ0n) is 16.9. The van der Waals surface area contributed by atoms with Gasteiger partial charge in [-0.3, -0.25) is 4.79 Å². The minimum Gasteiger partial charge on any atom is -0.496 e. The molecule has 0 aliphatic heterocycles. The molecule has 1 fully saturated rings. The van der Waals surface area contributed by atoms with Crippen LogP contribution in [0.15, 0.2) is 42.5 Å². The third-order valence-corrected chi connectivity index (χ3v) is 6.01. The average Bonchev–Trinajstić information content (AvgIpc) is 2.74. The smallest absolute Gasteiger partial charge is 0.223 e. The first kappa shape index (κ1) is 22.7. The number of amides is 1. The number of hydrogen-bond acceptors (Lipinski definition) is 4. The molecular weight excluding hydrogens is 386 g/mol. The highest BCUT2D eigenvalue weighted by molar-refractivity contribution is 5.85. The number of nitrogens with one attached hydrogen (secondary N) is 1. The van der Waals surface area contributed by atoms with Crippen molar-refractivity contribution in [2.45, 2.75) is 38.1 Å². The van der Waals surface area contributed by atoms with E-state index < -0.39 is 5.41 Å².